The molecule has 0 aliphatic heterocycles. The predicted octanol–water partition coefficient (Wildman–Crippen LogP) is 2.75. The number of carbonyl (C=O) groups excluding carboxylic acids is 2. The van der Waals surface area contributed by atoms with E-state index in [0.29, 0.717) is 22.9 Å². The van der Waals surface area contributed by atoms with Crippen LogP contribution >= 0.6 is 11.3 Å². The number of nitrogens with one attached hydrogen (secondary N) is 1. The van der Waals surface area contributed by atoms with E-state index in [1.807, 2.05) is 0 Å². The van der Waals surface area contributed by atoms with Crippen LogP contribution in [0.3, 0.4) is 0 Å². The summed E-state index contributed by atoms with van der Waals surface area (Å²) in [7, 11) is 0. The maximum Gasteiger partial charge on any atom is 0.226 e. The molecule has 6 heteroatoms. The number of nitrogens with zero attached hydrogens (tertiary/aromatic N) is 1. The molecule has 120 valence electrons. The largest absolute Gasteiger partial charge is 0.327 e. The average molecular weight is 321 g/mol. The first-order valence-electron chi connectivity index (χ1n) is 7.92. The molecule has 1 aromatic rings. The number of amides is 1. The second-order valence-electron chi connectivity index (χ2n) is 7.34. The Hall–Kier alpha value is -1.27. The molecule has 0 bridgehead atoms. The Kier molecular flexibility index (Phi) is 4.07. The molecule has 0 aromatic carbocycles. The fourth-order valence-electron chi connectivity index (χ4n) is 3.50. The summed E-state index contributed by atoms with van der Waals surface area (Å²) in [4.78, 5) is 29.5. The first-order valence-corrected chi connectivity index (χ1v) is 8.74. The lowest BCUT2D eigenvalue weighted by atomic mass is 9.78. The highest BCUT2D eigenvalue weighted by atomic mass is 32.1. The normalized spacial score (nSPS) is 26.8. The van der Waals surface area contributed by atoms with Gasteiger partial charge in [0.1, 0.15) is 0 Å². The molecule has 3 rings (SSSR count). The lowest BCUT2D eigenvalue weighted by Crippen LogP contribution is -2.28. The van der Waals surface area contributed by atoms with Crippen LogP contribution in [0.2, 0.25) is 0 Å². The summed E-state index contributed by atoms with van der Waals surface area (Å²) in [6.07, 6.45) is 4.92. The van der Waals surface area contributed by atoms with Gasteiger partial charge in [-0.1, -0.05) is 31.6 Å². The second kappa shape index (κ2) is 5.74. The molecule has 0 radical (unpaired) electrons. The molecule has 2 aliphatic carbocycles. The van der Waals surface area contributed by atoms with Crippen molar-refractivity contribution in [3.63, 3.8) is 0 Å². The standard InChI is InChI=1S/C16H23N3O2S/c1-16(2)7-11-14(12(20)8-16)22-15(18-11)19-13(21)6-9-4-3-5-10(9)17/h9-10H,3-8,17H2,1-2H3,(H,18,19,21)/t9-,10+/m0/s1. The molecule has 2 atom stereocenters. The quantitative estimate of drug-likeness (QED) is 0.896. The SMILES string of the molecule is CC1(C)CC(=O)c2sc(NC(=O)C[C@@H]3CCC[C@H]3N)nc2C1. The number of ketones is 1. The third-order valence-corrected chi connectivity index (χ3v) is 5.70. The molecule has 0 spiro atoms. The number of thiazole rings is 1. The van der Waals surface area contributed by atoms with Crippen LogP contribution in [0.15, 0.2) is 0 Å². The minimum absolute atomic E-state index is 0.0415. The van der Waals surface area contributed by atoms with Crippen molar-refractivity contribution in [1.82, 2.24) is 4.98 Å². The molecular formula is C16H23N3O2S. The maximum atomic E-state index is 12.2. The number of fused-ring (bicyclic) bond motifs is 1. The van der Waals surface area contributed by atoms with Gasteiger partial charge in [-0.15, -0.1) is 0 Å². The highest BCUT2D eigenvalue weighted by molar-refractivity contribution is 7.17. The summed E-state index contributed by atoms with van der Waals surface area (Å²) in [6.45, 7) is 4.15. The first kappa shape index (κ1) is 15.6. The van der Waals surface area contributed by atoms with Gasteiger partial charge in [-0.25, -0.2) is 4.98 Å². The lowest BCUT2D eigenvalue weighted by molar-refractivity contribution is -0.117. The number of Topliss-reactive ketones (excluding diaryl/α,β-unsaturated/α-hetero) is 1. The lowest BCUT2D eigenvalue weighted by Gasteiger charge is -2.26. The molecule has 1 aromatic heterocycles. The highest BCUT2D eigenvalue weighted by Crippen LogP contribution is 2.38. The van der Waals surface area contributed by atoms with Crippen molar-refractivity contribution in [2.45, 2.75) is 58.4 Å². The summed E-state index contributed by atoms with van der Waals surface area (Å²) >= 11 is 1.31. The molecule has 1 heterocycles. The van der Waals surface area contributed by atoms with Gasteiger partial charge in [0.2, 0.25) is 5.91 Å². The van der Waals surface area contributed by atoms with E-state index in [0.717, 1.165) is 31.4 Å². The van der Waals surface area contributed by atoms with Crippen LogP contribution < -0.4 is 11.1 Å². The van der Waals surface area contributed by atoms with Crippen molar-refractivity contribution in [2.75, 3.05) is 5.32 Å². The van der Waals surface area contributed by atoms with Gasteiger partial charge in [-0.05, 0) is 30.6 Å². The van der Waals surface area contributed by atoms with Crippen LogP contribution in [0.25, 0.3) is 0 Å². The number of carbonyl (C=O) groups is 2. The van der Waals surface area contributed by atoms with Gasteiger partial charge in [-0.2, -0.15) is 0 Å². The maximum absolute atomic E-state index is 12.2. The van der Waals surface area contributed by atoms with Crippen LogP contribution in [0, 0.1) is 11.3 Å². The average Bonchev–Trinajstić information content (AvgIpc) is 2.95. The summed E-state index contributed by atoms with van der Waals surface area (Å²) in [5.74, 6) is 0.373. The van der Waals surface area contributed by atoms with Crippen LogP contribution in [-0.4, -0.2) is 22.7 Å². The van der Waals surface area contributed by atoms with Gasteiger partial charge in [0, 0.05) is 18.9 Å². The minimum Gasteiger partial charge on any atom is -0.327 e. The van der Waals surface area contributed by atoms with Gasteiger partial charge in [0.25, 0.3) is 0 Å². The number of aromatic nitrogens is 1. The summed E-state index contributed by atoms with van der Waals surface area (Å²) in [6, 6.07) is 0.137. The van der Waals surface area contributed by atoms with Crippen molar-refractivity contribution in [3.05, 3.63) is 10.6 Å². The van der Waals surface area contributed by atoms with E-state index in [2.05, 4.69) is 24.1 Å². The van der Waals surface area contributed by atoms with E-state index >= 15 is 0 Å². The fourth-order valence-corrected chi connectivity index (χ4v) is 4.44. The molecule has 3 N–H and O–H groups in total. The van der Waals surface area contributed by atoms with Crippen molar-refractivity contribution in [3.8, 4) is 0 Å². The number of nitrogens with two attached hydrogens (primary N) is 1. The number of hydrogen-bond donors (Lipinski definition) is 2. The first-order chi connectivity index (χ1) is 10.3. The molecule has 1 amide bonds. The molecular weight excluding hydrogens is 298 g/mol. The molecule has 1 saturated carbocycles. The van der Waals surface area contributed by atoms with E-state index in [4.69, 9.17) is 5.73 Å². The van der Waals surface area contributed by atoms with E-state index in [9.17, 15) is 9.59 Å². The number of hydrogen-bond acceptors (Lipinski definition) is 5. The Bertz CT molecular complexity index is 609. The summed E-state index contributed by atoms with van der Waals surface area (Å²) < 4.78 is 0. The van der Waals surface area contributed by atoms with E-state index < -0.39 is 0 Å². The third kappa shape index (κ3) is 3.22. The highest BCUT2D eigenvalue weighted by Gasteiger charge is 2.34. The molecule has 0 unspecified atom stereocenters. The molecule has 5 nitrogen and oxygen atoms in total. The van der Waals surface area contributed by atoms with E-state index in [1.165, 1.54) is 11.3 Å². The Balaban J connectivity index is 1.67. The van der Waals surface area contributed by atoms with Crippen LogP contribution in [-0.2, 0) is 11.2 Å². The van der Waals surface area contributed by atoms with Crippen molar-refractivity contribution < 1.29 is 9.59 Å². The van der Waals surface area contributed by atoms with Gasteiger partial charge >= 0.3 is 0 Å². The Morgan fingerprint density at radius 3 is 2.86 bits per heavy atom. The second-order valence-corrected chi connectivity index (χ2v) is 8.34. The van der Waals surface area contributed by atoms with Crippen molar-refractivity contribution in [1.29, 1.82) is 0 Å². The zero-order valence-corrected chi connectivity index (χ0v) is 14.0. The zero-order chi connectivity index (χ0) is 15.9. The van der Waals surface area contributed by atoms with Crippen LogP contribution in [0.1, 0.15) is 61.3 Å². The molecule has 0 saturated heterocycles. The Labute approximate surface area is 134 Å². The van der Waals surface area contributed by atoms with Gasteiger partial charge in [0.05, 0.1) is 10.6 Å². The predicted molar refractivity (Wildman–Crippen MR) is 87.1 cm³/mol. The molecule has 22 heavy (non-hydrogen) atoms. The fraction of sp³-hybridized carbons (Fsp3) is 0.688. The van der Waals surface area contributed by atoms with Crippen molar-refractivity contribution in [2.24, 2.45) is 17.1 Å². The Morgan fingerprint density at radius 2 is 2.18 bits per heavy atom. The topological polar surface area (TPSA) is 85.1 Å². The summed E-state index contributed by atoms with van der Waals surface area (Å²) in [5, 5.41) is 3.40. The molecule has 2 aliphatic rings. The number of anilines is 1. The monoisotopic (exact) mass is 321 g/mol. The molecule has 1 fully saturated rings. The van der Waals surface area contributed by atoms with Gasteiger partial charge in [0.15, 0.2) is 10.9 Å². The Morgan fingerprint density at radius 1 is 1.41 bits per heavy atom. The minimum atomic E-state index is -0.0456. The van der Waals surface area contributed by atoms with Crippen LogP contribution in [0.4, 0.5) is 5.13 Å². The number of rotatable bonds is 3. The van der Waals surface area contributed by atoms with E-state index in [1.54, 1.807) is 0 Å². The third-order valence-electron chi connectivity index (χ3n) is 4.65. The van der Waals surface area contributed by atoms with E-state index in [-0.39, 0.29) is 29.1 Å². The van der Waals surface area contributed by atoms with Crippen molar-refractivity contribution >= 4 is 28.2 Å². The smallest absolute Gasteiger partial charge is 0.226 e. The van der Waals surface area contributed by atoms with Gasteiger partial charge in [-0.3, -0.25) is 9.59 Å². The van der Waals surface area contributed by atoms with Crippen LogP contribution in [0.5, 0.6) is 0 Å². The summed E-state index contributed by atoms with van der Waals surface area (Å²) in [5.41, 5.74) is 6.80. The zero-order valence-electron chi connectivity index (χ0n) is 13.1. The van der Waals surface area contributed by atoms with Gasteiger partial charge < -0.3 is 11.1 Å².